The van der Waals surface area contributed by atoms with Crippen molar-refractivity contribution in [2.24, 2.45) is 0 Å². The Balaban J connectivity index is 2.26. The van der Waals surface area contributed by atoms with Gasteiger partial charge in [0.1, 0.15) is 11.5 Å². The molecule has 0 bridgehead atoms. The number of pyridine rings is 1. The zero-order valence-electron chi connectivity index (χ0n) is 11.2. The lowest BCUT2D eigenvalue weighted by Gasteiger charge is -2.10. The van der Waals surface area contributed by atoms with Gasteiger partial charge in [-0.2, -0.15) is 0 Å². The average Bonchev–Trinajstić information content (AvgIpc) is 2.47. The molecule has 0 aliphatic rings. The number of rotatable bonds is 4. The number of hydrogen-bond donors (Lipinski definition) is 2. The van der Waals surface area contributed by atoms with E-state index in [1.165, 1.54) is 20.4 Å². The van der Waals surface area contributed by atoms with E-state index < -0.39 is 5.91 Å². The van der Waals surface area contributed by atoms with Gasteiger partial charge in [0, 0.05) is 30.1 Å². The van der Waals surface area contributed by atoms with E-state index in [1.807, 2.05) is 0 Å². The molecule has 1 amide bonds. The lowest BCUT2D eigenvalue weighted by Crippen LogP contribution is -2.15. The molecule has 1 aromatic heterocycles. The van der Waals surface area contributed by atoms with Gasteiger partial charge >= 0.3 is 0 Å². The second-order valence-electron chi connectivity index (χ2n) is 4.00. The van der Waals surface area contributed by atoms with Crippen molar-refractivity contribution in [2.75, 3.05) is 25.3 Å². The number of carbonyl (C=O) groups is 1. The molecule has 0 saturated carbocycles. The number of aromatic nitrogens is 1. The number of nitrogens with zero attached hydrogens (tertiary/aromatic N) is 1. The molecule has 0 saturated heterocycles. The van der Waals surface area contributed by atoms with Gasteiger partial charge in [-0.15, -0.1) is 0 Å². The lowest BCUT2D eigenvalue weighted by molar-refractivity contribution is 0.102. The number of ether oxygens (including phenoxy) is 2. The summed E-state index contributed by atoms with van der Waals surface area (Å²) in [5.41, 5.74) is 6.75. The van der Waals surface area contributed by atoms with Crippen LogP contribution in [0, 0.1) is 0 Å². The van der Waals surface area contributed by atoms with Gasteiger partial charge in [-0.05, 0) is 12.1 Å². The summed E-state index contributed by atoms with van der Waals surface area (Å²) in [5.74, 6) is 0.765. The minimum absolute atomic E-state index is 0.175. The molecule has 104 valence electrons. The maximum Gasteiger partial charge on any atom is 0.276 e. The molecule has 2 aromatic rings. The smallest absolute Gasteiger partial charge is 0.276 e. The zero-order valence-corrected chi connectivity index (χ0v) is 11.2. The quantitative estimate of drug-likeness (QED) is 0.889. The molecular formula is C14H15N3O3. The first-order chi connectivity index (χ1) is 9.63. The van der Waals surface area contributed by atoms with Gasteiger partial charge in [-0.1, -0.05) is 0 Å². The van der Waals surface area contributed by atoms with Crippen LogP contribution in [0.2, 0.25) is 0 Å². The minimum Gasteiger partial charge on any atom is -0.497 e. The molecule has 0 radical (unpaired) electrons. The summed E-state index contributed by atoms with van der Waals surface area (Å²) in [6.45, 7) is 0. The third-order valence-corrected chi connectivity index (χ3v) is 2.66. The monoisotopic (exact) mass is 273 g/mol. The van der Waals surface area contributed by atoms with Gasteiger partial charge < -0.3 is 20.5 Å². The topological polar surface area (TPSA) is 86.5 Å². The first-order valence-electron chi connectivity index (χ1n) is 5.89. The molecule has 0 unspecified atom stereocenters. The van der Waals surface area contributed by atoms with Crippen LogP contribution in [0.15, 0.2) is 36.5 Å². The number of nitrogens with one attached hydrogen (secondary N) is 1. The van der Waals surface area contributed by atoms with Crippen LogP contribution in [0.4, 0.5) is 11.4 Å². The molecule has 6 nitrogen and oxygen atoms in total. The van der Waals surface area contributed by atoms with Crippen LogP contribution < -0.4 is 20.5 Å². The summed E-state index contributed by atoms with van der Waals surface area (Å²) in [6.07, 6.45) is 1.51. The zero-order chi connectivity index (χ0) is 14.5. The average molecular weight is 273 g/mol. The van der Waals surface area contributed by atoms with Gasteiger partial charge in [-0.3, -0.25) is 4.79 Å². The standard InChI is InChI=1S/C14H15N3O3/c1-19-10-6-9(7-11(8-10)20-2)17-14(18)13-12(15)4-3-5-16-13/h3-8H,15H2,1-2H3,(H,17,18). The van der Waals surface area contributed by atoms with Crippen LogP contribution in [0.1, 0.15) is 10.5 Å². The van der Waals surface area contributed by atoms with Crippen molar-refractivity contribution in [3.8, 4) is 11.5 Å². The highest BCUT2D eigenvalue weighted by atomic mass is 16.5. The van der Waals surface area contributed by atoms with Crippen LogP contribution in [0.5, 0.6) is 11.5 Å². The molecule has 0 fully saturated rings. The van der Waals surface area contributed by atoms with Crippen molar-refractivity contribution >= 4 is 17.3 Å². The van der Waals surface area contributed by atoms with Crippen molar-refractivity contribution < 1.29 is 14.3 Å². The van der Waals surface area contributed by atoms with Gasteiger partial charge in [0.2, 0.25) is 0 Å². The van der Waals surface area contributed by atoms with Crippen LogP contribution in [-0.2, 0) is 0 Å². The summed E-state index contributed by atoms with van der Waals surface area (Å²) in [4.78, 5) is 16.1. The van der Waals surface area contributed by atoms with Crippen LogP contribution in [0.3, 0.4) is 0 Å². The van der Waals surface area contributed by atoms with Crippen molar-refractivity contribution in [3.63, 3.8) is 0 Å². The fourth-order valence-electron chi connectivity index (χ4n) is 1.68. The van der Waals surface area contributed by atoms with E-state index in [1.54, 1.807) is 30.3 Å². The van der Waals surface area contributed by atoms with Crippen LogP contribution in [-0.4, -0.2) is 25.1 Å². The highest BCUT2D eigenvalue weighted by Crippen LogP contribution is 2.26. The first-order valence-corrected chi connectivity index (χ1v) is 5.89. The summed E-state index contributed by atoms with van der Waals surface area (Å²) >= 11 is 0. The Labute approximate surface area is 116 Å². The molecule has 0 spiro atoms. The minimum atomic E-state index is -0.390. The van der Waals surface area contributed by atoms with Crippen LogP contribution >= 0.6 is 0 Å². The number of nitrogens with two attached hydrogens (primary N) is 1. The lowest BCUT2D eigenvalue weighted by atomic mass is 10.2. The fourth-order valence-corrected chi connectivity index (χ4v) is 1.68. The number of nitrogen functional groups attached to an aromatic ring is 1. The van der Waals surface area contributed by atoms with E-state index in [2.05, 4.69) is 10.3 Å². The molecule has 0 aliphatic carbocycles. The summed E-state index contributed by atoms with van der Waals surface area (Å²) < 4.78 is 10.3. The highest BCUT2D eigenvalue weighted by Gasteiger charge is 2.12. The Morgan fingerprint density at radius 1 is 1.20 bits per heavy atom. The second kappa shape index (κ2) is 5.92. The van der Waals surface area contributed by atoms with Crippen molar-refractivity contribution in [3.05, 3.63) is 42.2 Å². The van der Waals surface area contributed by atoms with Gasteiger partial charge in [0.05, 0.1) is 19.9 Å². The molecule has 1 aromatic carbocycles. The number of anilines is 2. The number of carbonyl (C=O) groups excluding carboxylic acids is 1. The third kappa shape index (κ3) is 2.97. The van der Waals surface area contributed by atoms with E-state index in [0.717, 1.165) is 0 Å². The Morgan fingerprint density at radius 2 is 1.85 bits per heavy atom. The molecule has 0 atom stereocenters. The van der Waals surface area contributed by atoms with E-state index >= 15 is 0 Å². The Kier molecular flexibility index (Phi) is 4.05. The summed E-state index contributed by atoms with van der Waals surface area (Å²) in [6, 6.07) is 8.36. The van der Waals surface area contributed by atoms with E-state index in [9.17, 15) is 4.79 Å². The van der Waals surface area contributed by atoms with Gasteiger partial charge in [0.15, 0.2) is 5.69 Å². The number of hydrogen-bond acceptors (Lipinski definition) is 5. The van der Waals surface area contributed by atoms with Gasteiger partial charge in [0.25, 0.3) is 5.91 Å². The number of methoxy groups -OCH3 is 2. The fraction of sp³-hybridized carbons (Fsp3) is 0.143. The molecule has 3 N–H and O–H groups in total. The van der Waals surface area contributed by atoms with E-state index in [-0.39, 0.29) is 5.69 Å². The molecular weight excluding hydrogens is 258 g/mol. The van der Waals surface area contributed by atoms with Crippen molar-refractivity contribution in [2.45, 2.75) is 0 Å². The Hall–Kier alpha value is -2.76. The highest BCUT2D eigenvalue weighted by molar-refractivity contribution is 6.06. The molecule has 1 heterocycles. The third-order valence-electron chi connectivity index (χ3n) is 2.66. The largest absolute Gasteiger partial charge is 0.497 e. The Morgan fingerprint density at radius 3 is 2.40 bits per heavy atom. The molecule has 6 heteroatoms. The van der Waals surface area contributed by atoms with Crippen molar-refractivity contribution in [1.29, 1.82) is 0 Å². The molecule has 20 heavy (non-hydrogen) atoms. The molecule has 0 aliphatic heterocycles. The normalized spacial score (nSPS) is 9.90. The van der Waals surface area contributed by atoms with Crippen LogP contribution in [0.25, 0.3) is 0 Å². The number of benzene rings is 1. The van der Waals surface area contributed by atoms with E-state index in [0.29, 0.717) is 22.9 Å². The SMILES string of the molecule is COc1cc(NC(=O)c2ncccc2N)cc(OC)c1. The summed E-state index contributed by atoms with van der Waals surface area (Å²) in [7, 11) is 3.08. The predicted octanol–water partition coefficient (Wildman–Crippen LogP) is 1.93. The second-order valence-corrected chi connectivity index (χ2v) is 4.00. The Bertz CT molecular complexity index is 607. The van der Waals surface area contributed by atoms with E-state index in [4.69, 9.17) is 15.2 Å². The van der Waals surface area contributed by atoms with Crippen molar-refractivity contribution in [1.82, 2.24) is 4.98 Å². The maximum atomic E-state index is 12.1. The molecule has 2 rings (SSSR count). The first kappa shape index (κ1) is 13.7. The predicted molar refractivity (Wildman–Crippen MR) is 76.1 cm³/mol. The maximum absolute atomic E-state index is 12.1. The number of amides is 1. The summed E-state index contributed by atoms with van der Waals surface area (Å²) in [5, 5.41) is 2.71. The van der Waals surface area contributed by atoms with Gasteiger partial charge in [-0.25, -0.2) is 4.98 Å².